The van der Waals surface area contributed by atoms with E-state index in [1.165, 1.54) is 0 Å². The molecule has 0 spiro atoms. The third kappa shape index (κ3) is 4.74. The van der Waals surface area contributed by atoms with Gasteiger partial charge in [-0.3, -0.25) is 10.1 Å². The van der Waals surface area contributed by atoms with Crippen LogP contribution in [0.3, 0.4) is 0 Å². The highest BCUT2D eigenvalue weighted by molar-refractivity contribution is 7.09. The summed E-state index contributed by atoms with van der Waals surface area (Å²) < 4.78 is 0. The molecule has 0 aliphatic heterocycles. The number of nitrogens with zero attached hydrogens (tertiary/aromatic N) is 1. The number of hydrogen-bond acceptors (Lipinski definition) is 4. The zero-order valence-corrected chi connectivity index (χ0v) is 12.8. The van der Waals surface area contributed by atoms with E-state index in [1.807, 2.05) is 46.9 Å². The minimum Gasteiger partial charge on any atom is -0.350 e. The summed E-state index contributed by atoms with van der Waals surface area (Å²) in [5, 5.41) is 9.30. The van der Waals surface area contributed by atoms with E-state index in [1.54, 1.807) is 11.3 Å². The summed E-state index contributed by atoms with van der Waals surface area (Å²) in [6.45, 7) is 11.8. The first-order chi connectivity index (χ1) is 8.19. The van der Waals surface area contributed by atoms with Crippen molar-refractivity contribution in [1.29, 1.82) is 0 Å². The van der Waals surface area contributed by atoms with E-state index in [-0.39, 0.29) is 23.5 Å². The molecule has 2 atom stereocenters. The van der Waals surface area contributed by atoms with E-state index in [0.29, 0.717) is 0 Å². The maximum atomic E-state index is 11.9. The fourth-order valence-electron chi connectivity index (χ4n) is 1.59. The molecule has 4 nitrogen and oxygen atoms in total. The average Bonchev–Trinajstić information content (AvgIpc) is 2.62. The molecule has 1 amide bonds. The van der Waals surface area contributed by atoms with Crippen molar-refractivity contribution in [3.8, 4) is 0 Å². The Kier molecular flexibility index (Phi) is 4.87. The largest absolute Gasteiger partial charge is 0.350 e. The van der Waals surface area contributed by atoms with E-state index < -0.39 is 0 Å². The first kappa shape index (κ1) is 15.1. The highest BCUT2D eigenvalue weighted by Crippen LogP contribution is 2.16. The Balaban J connectivity index is 2.54. The molecule has 1 heterocycles. The first-order valence-electron chi connectivity index (χ1n) is 6.19. The minimum absolute atomic E-state index is 0.0151. The molecule has 1 rings (SSSR count). The summed E-state index contributed by atoms with van der Waals surface area (Å²) in [6.07, 6.45) is 0. The summed E-state index contributed by atoms with van der Waals surface area (Å²) in [7, 11) is 0. The number of carbonyl (C=O) groups excluding carboxylic acids is 1. The minimum atomic E-state index is -0.235. The summed E-state index contributed by atoms with van der Waals surface area (Å²) in [6, 6.07) is -0.156. The fraction of sp³-hybridized carbons (Fsp3) is 0.692. The zero-order chi connectivity index (χ0) is 13.9. The van der Waals surface area contributed by atoms with Crippen LogP contribution in [0.4, 0.5) is 0 Å². The second kappa shape index (κ2) is 5.80. The van der Waals surface area contributed by atoms with Crippen LogP contribution in [-0.2, 0) is 4.79 Å². The molecule has 102 valence electrons. The third-order valence-corrected chi connectivity index (χ3v) is 3.26. The quantitative estimate of drug-likeness (QED) is 0.882. The molecular formula is C13H23N3OS. The molecule has 5 heteroatoms. The smallest absolute Gasteiger partial charge is 0.237 e. The van der Waals surface area contributed by atoms with E-state index in [2.05, 4.69) is 15.6 Å². The number of thiazole rings is 1. The predicted octanol–water partition coefficient (Wildman–Crippen LogP) is 2.41. The molecule has 2 unspecified atom stereocenters. The topological polar surface area (TPSA) is 54.0 Å². The van der Waals surface area contributed by atoms with Crippen LogP contribution >= 0.6 is 11.3 Å². The molecule has 0 bridgehead atoms. The van der Waals surface area contributed by atoms with E-state index in [9.17, 15) is 4.79 Å². The van der Waals surface area contributed by atoms with Gasteiger partial charge in [-0.2, -0.15) is 0 Å². The maximum absolute atomic E-state index is 11.9. The van der Waals surface area contributed by atoms with Crippen LogP contribution in [0.5, 0.6) is 0 Å². The summed E-state index contributed by atoms with van der Waals surface area (Å²) in [5.41, 5.74) is 0.793. The molecule has 0 radical (unpaired) electrons. The molecule has 1 aromatic rings. The lowest BCUT2D eigenvalue weighted by Gasteiger charge is -2.25. The van der Waals surface area contributed by atoms with Gasteiger partial charge < -0.3 is 5.32 Å². The van der Waals surface area contributed by atoms with Crippen molar-refractivity contribution in [3.05, 3.63) is 16.1 Å². The number of rotatable bonds is 4. The van der Waals surface area contributed by atoms with Crippen molar-refractivity contribution < 1.29 is 4.79 Å². The number of carbonyl (C=O) groups is 1. The van der Waals surface area contributed by atoms with Gasteiger partial charge in [0.2, 0.25) is 5.91 Å². The lowest BCUT2D eigenvalue weighted by molar-refractivity contribution is -0.124. The van der Waals surface area contributed by atoms with Gasteiger partial charge in [0.15, 0.2) is 0 Å². The number of nitrogens with one attached hydrogen (secondary N) is 2. The molecule has 0 saturated carbocycles. The van der Waals surface area contributed by atoms with E-state index >= 15 is 0 Å². The van der Waals surface area contributed by atoms with Crippen LogP contribution in [0, 0.1) is 6.92 Å². The van der Waals surface area contributed by atoms with Crippen LogP contribution in [0.2, 0.25) is 0 Å². The van der Waals surface area contributed by atoms with Gasteiger partial charge in [0.05, 0.1) is 16.7 Å². The van der Waals surface area contributed by atoms with Crippen LogP contribution in [-0.4, -0.2) is 22.5 Å². The standard InChI is InChI=1S/C13H23N3OS/c1-8(11-7-18-10(3)15-11)14-9(2)12(17)16-13(4,5)6/h7-9,14H,1-6H3,(H,16,17). The molecule has 1 aromatic heterocycles. The second-order valence-corrected chi connectivity index (χ2v) is 6.70. The molecule has 0 aromatic carbocycles. The molecule has 0 aliphatic carbocycles. The van der Waals surface area contributed by atoms with Crippen LogP contribution in [0.15, 0.2) is 5.38 Å². The van der Waals surface area contributed by atoms with Gasteiger partial charge in [-0.25, -0.2) is 4.98 Å². The SMILES string of the molecule is Cc1nc(C(C)NC(C)C(=O)NC(C)(C)C)cs1. The summed E-state index contributed by atoms with van der Waals surface area (Å²) in [5.74, 6) is 0.0151. The van der Waals surface area contributed by atoms with Crippen LogP contribution in [0.1, 0.15) is 51.4 Å². The van der Waals surface area contributed by atoms with E-state index in [4.69, 9.17) is 0 Å². The van der Waals surface area contributed by atoms with Crippen molar-refractivity contribution in [2.75, 3.05) is 0 Å². The summed E-state index contributed by atoms with van der Waals surface area (Å²) in [4.78, 5) is 16.4. The Bertz CT molecular complexity index is 409. The predicted molar refractivity (Wildman–Crippen MR) is 75.8 cm³/mol. The van der Waals surface area contributed by atoms with Gasteiger partial charge in [0, 0.05) is 17.0 Å². The molecule has 0 saturated heterocycles. The van der Waals surface area contributed by atoms with Gasteiger partial charge >= 0.3 is 0 Å². The monoisotopic (exact) mass is 269 g/mol. The van der Waals surface area contributed by atoms with Crippen molar-refractivity contribution in [1.82, 2.24) is 15.6 Å². The molecule has 18 heavy (non-hydrogen) atoms. The number of amides is 1. The molecule has 0 aliphatic rings. The third-order valence-electron chi connectivity index (χ3n) is 2.47. The van der Waals surface area contributed by atoms with Crippen molar-refractivity contribution in [2.24, 2.45) is 0 Å². The normalized spacial score (nSPS) is 15.2. The lowest BCUT2D eigenvalue weighted by Crippen LogP contribution is -2.50. The van der Waals surface area contributed by atoms with Gasteiger partial charge in [-0.05, 0) is 41.5 Å². The Labute approximate surface area is 113 Å². The summed E-state index contributed by atoms with van der Waals surface area (Å²) >= 11 is 1.63. The lowest BCUT2D eigenvalue weighted by atomic mass is 10.1. The fourth-order valence-corrected chi connectivity index (χ4v) is 2.30. The van der Waals surface area contributed by atoms with Gasteiger partial charge in [-0.15, -0.1) is 11.3 Å². The molecular weight excluding hydrogens is 246 g/mol. The van der Waals surface area contributed by atoms with Gasteiger partial charge in [0.1, 0.15) is 0 Å². The maximum Gasteiger partial charge on any atom is 0.237 e. The highest BCUT2D eigenvalue weighted by atomic mass is 32.1. The van der Waals surface area contributed by atoms with E-state index in [0.717, 1.165) is 10.7 Å². The Morgan fingerprint density at radius 2 is 2.00 bits per heavy atom. The molecule has 0 fully saturated rings. The zero-order valence-electron chi connectivity index (χ0n) is 12.0. The Morgan fingerprint density at radius 1 is 1.39 bits per heavy atom. The van der Waals surface area contributed by atoms with Crippen molar-refractivity contribution in [2.45, 2.75) is 59.2 Å². The van der Waals surface area contributed by atoms with Crippen LogP contribution in [0.25, 0.3) is 0 Å². The van der Waals surface area contributed by atoms with Gasteiger partial charge in [-0.1, -0.05) is 0 Å². The average molecular weight is 269 g/mol. The van der Waals surface area contributed by atoms with Crippen molar-refractivity contribution in [3.63, 3.8) is 0 Å². The van der Waals surface area contributed by atoms with Crippen LogP contribution < -0.4 is 10.6 Å². The number of aryl methyl sites for hydroxylation is 1. The Hall–Kier alpha value is -0.940. The Morgan fingerprint density at radius 3 is 2.44 bits per heavy atom. The van der Waals surface area contributed by atoms with Crippen molar-refractivity contribution >= 4 is 17.2 Å². The molecule has 2 N–H and O–H groups in total. The number of hydrogen-bond donors (Lipinski definition) is 2. The second-order valence-electron chi connectivity index (χ2n) is 5.64. The van der Waals surface area contributed by atoms with Gasteiger partial charge in [0.25, 0.3) is 0 Å². The highest BCUT2D eigenvalue weighted by Gasteiger charge is 2.21. The first-order valence-corrected chi connectivity index (χ1v) is 7.07. The number of aromatic nitrogens is 1.